The number of aromatic amines is 1. The first-order valence-electron chi connectivity index (χ1n) is 10.5. The fourth-order valence-electron chi connectivity index (χ4n) is 3.13. The maximum absolute atomic E-state index is 12.3. The zero-order valence-electron chi connectivity index (χ0n) is 19.4. The summed E-state index contributed by atoms with van der Waals surface area (Å²) in [7, 11) is -0.613. The molecule has 2 heterocycles. The molecule has 2 N–H and O–H groups in total. The number of alkyl carbamates (subject to hydrolysis) is 1. The Morgan fingerprint density at radius 1 is 1.16 bits per heavy atom. The van der Waals surface area contributed by atoms with E-state index in [1.807, 2.05) is 84.9 Å². The van der Waals surface area contributed by atoms with E-state index in [0.29, 0.717) is 0 Å². The summed E-state index contributed by atoms with van der Waals surface area (Å²) in [5.41, 5.74) is 1.96. The van der Waals surface area contributed by atoms with Gasteiger partial charge in [-0.2, -0.15) is 5.10 Å². The lowest BCUT2D eigenvalue weighted by molar-refractivity contribution is 0.00578. The highest BCUT2D eigenvalue weighted by Crippen LogP contribution is 2.39. The fraction of sp³-hybridized carbons (Fsp3) is 0.478. The van der Waals surface area contributed by atoms with E-state index in [2.05, 4.69) is 15.5 Å². The maximum Gasteiger partial charge on any atom is 0.492 e. The van der Waals surface area contributed by atoms with Crippen LogP contribution in [0.3, 0.4) is 0 Å². The molecule has 0 saturated carbocycles. The van der Waals surface area contributed by atoms with Crippen LogP contribution in [0, 0.1) is 0 Å². The number of H-pyrrole nitrogens is 1. The Balaban J connectivity index is 1.90. The van der Waals surface area contributed by atoms with Gasteiger partial charge in [0.2, 0.25) is 0 Å². The zero-order valence-corrected chi connectivity index (χ0v) is 19.4. The Morgan fingerprint density at radius 2 is 1.77 bits per heavy atom. The average molecular weight is 425 g/mol. The number of aromatic nitrogens is 2. The molecule has 1 aliphatic rings. The first-order valence-corrected chi connectivity index (χ1v) is 10.5. The third-order valence-corrected chi connectivity index (χ3v) is 5.46. The molecule has 0 bridgehead atoms. The van der Waals surface area contributed by atoms with Crippen LogP contribution in [0.15, 0.2) is 42.0 Å². The maximum atomic E-state index is 12.3. The summed E-state index contributed by atoms with van der Waals surface area (Å²) in [6.45, 7) is 13.7. The van der Waals surface area contributed by atoms with Gasteiger partial charge in [0.1, 0.15) is 5.60 Å². The van der Waals surface area contributed by atoms with Gasteiger partial charge in [-0.25, -0.2) is 4.79 Å². The molecule has 166 valence electrons. The Hall–Kier alpha value is -2.58. The van der Waals surface area contributed by atoms with Crippen LogP contribution in [0.25, 0.3) is 17.3 Å². The monoisotopic (exact) mass is 425 g/mol. The Bertz CT molecular complexity index is 929. The van der Waals surface area contributed by atoms with Gasteiger partial charge in [-0.15, -0.1) is 0 Å². The van der Waals surface area contributed by atoms with Gasteiger partial charge in [-0.1, -0.05) is 36.4 Å². The van der Waals surface area contributed by atoms with E-state index in [4.69, 9.17) is 14.0 Å². The van der Waals surface area contributed by atoms with Crippen molar-refractivity contribution in [1.82, 2.24) is 15.5 Å². The van der Waals surface area contributed by atoms with Crippen molar-refractivity contribution in [3.05, 3.63) is 47.6 Å². The van der Waals surface area contributed by atoms with Gasteiger partial charge >= 0.3 is 13.2 Å². The van der Waals surface area contributed by atoms with E-state index in [9.17, 15) is 4.79 Å². The molecule has 0 spiro atoms. The smallest absolute Gasteiger partial charge is 0.444 e. The van der Waals surface area contributed by atoms with E-state index < -0.39 is 30.0 Å². The van der Waals surface area contributed by atoms with Crippen LogP contribution in [-0.2, 0) is 14.0 Å². The number of amides is 1. The van der Waals surface area contributed by atoms with Crippen molar-refractivity contribution < 1.29 is 18.8 Å². The molecule has 2 aromatic rings. The minimum atomic E-state index is -0.613. The molecule has 7 nitrogen and oxygen atoms in total. The van der Waals surface area contributed by atoms with Crippen LogP contribution in [0.2, 0.25) is 0 Å². The lowest BCUT2D eigenvalue weighted by atomic mass is 9.77. The van der Waals surface area contributed by atoms with Gasteiger partial charge < -0.3 is 19.4 Å². The molecule has 0 atom stereocenters. The quantitative estimate of drug-likeness (QED) is 0.683. The van der Waals surface area contributed by atoms with E-state index in [1.54, 1.807) is 6.20 Å². The molecule has 8 heteroatoms. The average Bonchev–Trinajstić information content (AvgIpc) is 3.19. The molecule has 1 aliphatic heterocycles. The van der Waals surface area contributed by atoms with E-state index in [1.165, 1.54) is 0 Å². The largest absolute Gasteiger partial charge is 0.492 e. The second-order valence-corrected chi connectivity index (χ2v) is 9.73. The van der Waals surface area contributed by atoms with E-state index in [-0.39, 0.29) is 6.54 Å². The number of carbonyl (C=O) groups excluding carboxylic acids is 1. The van der Waals surface area contributed by atoms with Crippen molar-refractivity contribution in [2.45, 2.75) is 65.3 Å². The lowest BCUT2D eigenvalue weighted by Gasteiger charge is -2.32. The van der Waals surface area contributed by atoms with Crippen LogP contribution in [-0.4, -0.2) is 46.8 Å². The lowest BCUT2D eigenvalue weighted by Crippen LogP contribution is -2.41. The first-order chi connectivity index (χ1) is 14.4. The summed E-state index contributed by atoms with van der Waals surface area (Å²) < 4.78 is 17.9. The van der Waals surface area contributed by atoms with E-state index >= 15 is 0 Å². The minimum Gasteiger partial charge on any atom is -0.444 e. The van der Waals surface area contributed by atoms with Gasteiger partial charge in [0.05, 0.1) is 23.1 Å². The molecular formula is C23H32BN3O4. The van der Waals surface area contributed by atoms with Crippen LogP contribution < -0.4 is 5.32 Å². The van der Waals surface area contributed by atoms with Crippen molar-refractivity contribution in [2.75, 3.05) is 6.54 Å². The predicted octanol–water partition coefficient (Wildman–Crippen LogP) is 4.62. The van der Waals surface area contributed by atoms with Crippen LogP contribution in [0.1, 0.15) is 54.0 Å². The van der Waals surface area contributed by atoms with Crippen molar-refractivity contribution in [1.29, 1.82) is 0 Å². The number of ether oxygens (including phenoxy) is 1. The molecule has 0 radical (unpaired) electrons. The number of benzene rings is 1. The molecule has 1 aromatic carbocycles. The summed E-state index contributed by atoms with van der Waals surface area (Å²) in [6, 6.07) is 9.94. The number of nitrogens with zero attached hydrogens (tertiary/aromatic N) is 1. The Labute approximate surface area is 184 Å². The number of hydrogen-bond acceptors (Lipinski definition) is 5. The SMILES string of the molecule is CC(C)(C)OC(=O)NCC(=Cc1cn[nH]c1-c1ccccc1)B1OC(C)(C)C(C)(C)O1. The van der Waals surface area contributed by atoms with Crippen molar-refractivity contribution in [3.63, 3.8) is 0 Å². The standard InChI is InChI=1S/C23H32BN3O4/c1-21(2,3)29-20(28)25-15-18(24-30-22(4,5)23(6,7)31-24)13-17-14-26-27-19(17)16-11-9-8-10-12-16/h8-14H,15H2,1-7H3,(H,25,28)(H,26,27). The minimum absolute atomic E-state index is 0.213. The summed E-state index contributed by atoms with van der Waals surface area (Å²) in [4.78, 5) is 12.3. The number of nitrogens with one attached hydrogen (secondary N) is 2. The summed E-state index contributed by atoms with van der Waals surface area (Å²) in [5, 5.41) is 10.1. The van der Waals surface area contributed by atoms with E-state index in [0.717, 1.165) is 22.3 Å². The second kappa shape index (κ2) is 8.51. The molecule has 3 rings (SSSR count). The van der Waals surface area contributed by atoms with Gasteiger partial charge in [0.15, 0.2) is 0 Å². The topological polar surface area (TPSA) is 85.5 Å². The zero-order chi connectivity index (χ0) is 22.9. The molecule has 1 saturated heterocycles. The fourth-order valence-corrected chi connectivity index (χ4v) is 3.13. The molecule has 0 unspecified atom stereocenters. The molecule has 1 fully saturated rings. The normalized spacial score (nSPS) is 18.2. The highest BCUT2D eigenvalue weighted by molar-refractivity contribution is 6.56. The number of hydrogen-bond donors (Lipinski definition) is 2. The predicted molar refractivity (Wildman–Crippen MR) is 122 cm³/mol. The highest BCUT2D eigenvalue weighted by Gasteiger charge is 2.52. The molecule has 1 amide bonds. The molecule has 1 aromatic heterocycles. The highest BCUT2D eigenvalue weighted by atomic mass is 16.7. The van der Waals surface area contributed by atoms with Crippen LogP contribution >= 0.6 is 0 Å². The molecular weight excluding hydrogens is 393 g/mol. The molecule has 0 aliphatic carbocycles. The van der Waals surface area contributed by atoms with Gasteiger partial charge in [0.25, 0.3) is 0 Å². The summed E-state index contributed by atoms with van der Waals surface area (Å²) in [5.74, 6) is 0. The summed E-state index contributed by atoms with van der Waals surface area (Å²) in [6.07, 6.45) is 3.21. The van der Waals surface area contributed by atoms with Crippen molar-refractivity contribution in [3.8, 4) is 11.3 Å². The van der Waals surface area contributed by atoms with Crippen molar-refractivity contribution in [2.24, 2.45) is 0 Å². The van der Waals surface area contributed by atoms with Crippen molar-refractivity contribution >= 4 is 19.3 Å². The van der Waals surface area contributed by atoms with Crippen LogP contribution in [0.5, 0.6) is 0 Å². The van der Waals surface area contributed by atoms with Gasteiger partial charge in [-0.3, -0.25) is 5.10 Å². The van der Waals surface area contributed by atoms with Gasteiger partial charge in [-0.05, 0) is 53.9 Å². The second-order valence-electron chi connectivity index (χ2n) is 9.73. The molecule has 31 heavy (non-hydrogen) atoms. The Morgan fingerprint density at radius 3 is 2.35 bits per heavy atom. The third kappa shape index (κ3) is 5.57. The first kappa shape index (κ1) is 23.1. The number of rotatable bonds is 5. The van der Waals surface area contributed by atoms with Crippen LogP contribution in [0.4, 0.5) is 4.79 Å². The number of carbonyl (C=O) groups is 1. The van der Waals surface area contributed by atoms with Gasteiger partial charge in [0, 0.05) is 17.7 Å². The Kier molecular flexibility index (Phi) is 6.34. The third-order valence-electron chi connectivity index (χ3n) is 5.46. The summed E-state index contributed by atoms with van der Waals surface area (Å²) >= 11 is 0.